The van der Waals surface area contributed by atoms with Crippen molar-refractivity contribution in [2.75, 3.05) is 19.7 Å². The highest BCUT2D eigenvalue weighted by Gasteiger charge is 2.08. The SMILES string of the molecule is CCCOc1ccc(C=O)cc1.NCCC[C@H](N)C(=O)O.NCCc1ccccc1.O=C(O)Cc1ccccc1. The summed E-state index contributed by atoms with van der Waals surface area (Å²) in [5.41, 5.74) is 18.5. The normalized spacial score (nSPS) is 10.2. The first-order valence-corrected chi connectivity index (χ1v) is 13.1. The van der Waals surface area contributed by atoms with Crippen molar-refractivity contribution in [1.82, 2.24) is 0 Å². The van der Waals surface area contributed by atoms with Crippen LogP contribution in [-0.2, 0) is 22.4 Å². The Kier molecular flexibility index (Phi) is 21.6. The predicted octanol–water partition coefficient (Wildman–Crippen LogP) is 3.93. The summed E-state index contributed by atoms with van der Waals surface area (Å²) in [6.45, 7) is 4.02. The predicted molar refractivity (Wildman–Crippen MR) is 158 cm³/mol. The van der Waals surface area contributed by atoms with Crippen molar-refractivity contribution in [2.45, 2.75) is 45.1 Å². The quantitative estimate of drug-likeness (QED) is 0.208. The van der Waals surface area contributed by atoms with Crippen molar-refractivity contribution in [2.24, 2.45) is 17.2 Å². The molecule has 3 aromatic rings. The van der Waals surface area contributed by atoms with Gasteiger partial charge in [0.15, 0.2) is 0 Å². The molecule has 0 radical (unpaired) electrons. The number of hydrogen-bond donors (Lipinski definition) is 5. The highest BCUT2D eigenvalue weighted by atomic mass is 16.5. The van der Waals surface area contributed by atoms with E-state index in [9.17, 15) is 14.4 Å². The van der Waals surface area contributed by atoms with E-state index in [2.05, 4.69) is 19.1 Å². The molecule has 3 rings (SSSR count). The number of rotatable bonds is 12. The minimum Gasteiger partial charge on any atom is -0.494 e. The maximum Gasteiger partial charge on any atom is 0.320 e. The fraction of sp³-hybridized carbons (Fsp3) is 0.323. The number of benzene rings is 3. The number of carbonyl (C=O) groups is 3. The van der Waals surface area contributed by atoms with Gasteiger partial charge >= 0.3 is 11.9 Å². The third-order valence-corrected chi connectivity index (χ3v) is 5.00. The maximum absolute atomic E-state index is 10.3. The van der Waals surface area contributed by atoms with Gasteiger partial charge in [-0.2, -0.15) is 0 Å². The molecule has 3 aromatic carbocycles. The van der Waals surface area contributed by atoms with Gasteiger partial charge in [-0.05, 0) is 74.2 Å². The van der Waals surface area contributed by atoms with Crippen LogP contribution >= 0.6 is 0 Å². The monoisotopic (exact) mass is 553 g/mol. The highest BCUT2D eigenvalue weighted by Crippen LogP contribution is 2.10. The van der Waals surface area contributed by atoms with E-state index < -0.39 is 18.0 Å². The van der Waals surface area contributed by atoms with Crippen LogP contribution in [0.15, 0.2) is 84.9 Å². The van der Waals surface area contributed by atoms with Crippen LogP contribution in [0.5, 0.6) is 5.75 Å². The minimum absolute atomic E-state index is 0.112. The molecule has 0 aliphatic rings. The van der Waals surface area contributed by atoms with Crippen LogP contribution < -0.4 is 21.9 Å². The Hall–Kier alpha value is -4.05. The number of aldehydes is 1. The van der Waals surface area contributed by atoms with Gasteiger partial charge in [0.1, 0.15) is 18.1 Å². The van der Waals surface area contributed by atoms with Gasteiger partial charge in [0.25, 0.3) is 0 Å². The lowest BCUT2D eigenvalue weighted by Gasteiger charge is -2.02. The van der Waals surface area contributed by atoms with Gasteiger partial charge < -0.3 is 32.2 Å². The van der Waals surface area contributed by atoms with Crippen molar-refractivity contribution in [3.05, 3.63) is 102 Å². The van der Waals surface area contributed by atoms with Crippen molar-refractivity contribution in [3.63, 3.8) is 0 Å². The first kappa shape index (κ1) is 35.9. The van der Waals surface area contributed by atoms with Crippen LogP contribution in [0.4, 0.5) is 0 Å². The molecule has 0 saturated heterocycles. The molecule has 0 aliphatic carbocycles. The van der Waals surface area contributed by atoms with E-state index in [0.29, 0.717) is 24.9 Å². The first-order valence-electron chi connectivity index (χ1n) is 13.1. The Bertz CT molecular complexity index is 1050. The molecular formula is C31H43N3O6. The summed E-state index contributed by atoms with van der Waals surface area (Å²) in [5, 5.41) is 16.6. The van der Waals surface area contributed by atoms with Crippen molar-refractivity contribution >= 4 is 18.2 Å². The van der Waals surface area contributed by atoms with Crippen LogP contribution in [0, 0.1) is 0 Å². The smallest absolute Gasteiger partial charge is 0.320 e. The lowest BCUT2D eigenvalue weighted by atomic mass is 10.2. The fourth-order valence-electron chi connectivity index (χ4n) is 2.91. The third kappa shape index (κ3) is 20.0. The van der Waals surface area contributed by atoms with E-state index in [0.717, 1.165) is 43.6 Å². The second-order valence-electron chi connectivity index (χ2n) is 8.49. The Balaban J connectivity index is 0.000000511. The Morgan fingerprint density at radius 2 is 1.40 bits per heavy atom. The molecule has 1 atom stereocenters. The van der Waals surface area contributed by atoms with Gasteiger partial charge in [-0.25, -0.2) is 0 Å². The second kappa shape index (κ2) is 24.0. The average molecular weight is 554 g/mol. The van der Waals surface area contributed by atoms with E-state index in [-0.39, 0.29) is 6.42 Å². The zero-order valence-electron chi connectivity index (χ0n) is 23.2. The van der Waals surface area contributed by atoms with Crippen LogP contribution in [0.25, 0.3) is 0 Å². The van der Waals surface area contributed by atoms with Gasteiger partial charge in [0.05, 0.1) is 13.0 Å². The van der Waals surface area contributed by atoms with E-state index in [4.69, 9.17) is 32.2 Å². The zero-order chi connectivity index (χ0) is 30.0. The minimum atomic E-state index is -0.955. The summed E-state index contributed by atoms with van der Waals surface area (Å²) in [6.07, 6.45) is 4.06. The van der Waals surface area contributed by atoms with Crippen molar-refractivity contribution in [1.29, 1.82) is 0 Å². The molecule has 0 aliphatic heterocycles. The Morgan fingerprint density at radius 1 is 0.850 bits per heavy atom. The van der Waals surface area contributed by atoms with E-state index >= 15 is 0 Å². The molecule has 0 amide bonds. The Morgan fingerprint density at radius 3 is 1.82 bits per heavy atom. The highest BCUT2D eigenvalue weighted by molar-refractivity contribution is 5.74. The zero-order valence-corrected chi connectivity index (χ0v) is 23.2. The molecule has 8 N–H and O–H groups in total. The molecule has 9 nitrogen and oxygen atoms in total. The van der Waals surface area contributed by atoms with Crippen LogP contribution in [0.3, 0.4) is 0 Å². The number of carbonyl (C=O) groups excluding carboxylic acids is 1. The number of nitrogens with two attached hydrogens (primary N) is 3. The standard InChI is InChI=1S/C10H12O2.C8H11N.C8H8O2.C5H12N2O2/c1-2-7-12-10-5-3-9(8-11)4-6-10;9-7-6-8-4-2-1-3-5-8;9-8(10)6-7-4-2-1-3-5-7;6-3-1-2-4(7)5(8)9/h3-6,8H,2,7H2,1H3;1-5H,6-7,9H2;1-5H,6H2,(H,9,10);4H,1-3,6-7H2,(H,8,9)/t;;;4-/m...0/s1. The van der Waals surface area contributed by atoms with E-state index in [1.807, 2.05) is 36.4 Å². The molecule has 9 heteroatoms. The second-order valence-corrected chi connectivity index (χ2v) is 8.49. The summed E-state index contributed by atoms with van der Waals surface area (Å²) in [6, 6.07) is 25.8. The molecule has 0 fully saturated rings. The average Bonchev–Trinajstić information content (AvgIpc) is 2.97. The Labute approximate surface area is 237 Å². The maximum atomic E-state index is 10.3. The van der Waals surface area contributed by atoms with Crippen molar-refractivity contribution in [3.8, 4) is 5.75 Å². The molecule has 218 valence electrons. The molecule has 0 bridgehead atoms. The van der Waals surface area contributed by atoms with Gasteiger partial charge in [-0.3, -0.25) is 14.4 Å². The molecular weight excluding hydrogens is 510 g/mol. The van der Waals surface area contributed by atoms with Gasteiger partial charge in [-0.15, -0.1) is 0 Å². The van der Waals surface area contributed by atoms with Crippen LogP contribution in [-0.4, -0.2) is 54.2 Å². The fourth-order valence-corrected chi connectivity index (χ4v) is 2.91. The molecule has 40 heavy (non-hydrogen) atoms. The number of hydrogen-bond acceptors (Lipinski definition) is 7. The van der Waals surface area contributed by atoms with Crippen molar-refractivity contribution < 1.29 is 29.3 Å². The first-order chi connectivity index (χ1) is 19.3. The summed E-state index contributed by atoms with van der Waals surface area (Å²) in [7, 11) is 0. The number of aliphatic carboxylic acids is 2. The summed E-state index contributed by atoms with van der Waals surface area (Å²) >= 11 is 0. The van der Waals surface area contributed by atoms with Gasteiger partial charge in [-0.1, -0.05) is 67.6 Å². The largest absolute Gasteiger partial charge is 0.494 e. The summed E-state index contributed by atoms with van der Waals surface area (Å²) in [5.74, 6) is -0.919. The molecule has 0 saturated carbocycles. The number of carboxylic acids is 2. The molecule has 0 unspecified atom stereocenters. The van der Waals surface area contributed by atoms with Gasteiger partial charge in [0.2, 0.25) is 0 Å². The molecule has 0 spiro atoms. The van der Waals surface area contributed by atoms with Crippen LogP contribution in [0.2, 0.25) is 0 Å². The van der Waals surface area contributed by atoms with E-state index in [1.165, 1.54) is 5.56 Å². The topological polar surface area (TPSA) is 179 Å². The molecule has 0 heterocycles. The number of ether oxygens (including phenoxy) is 1. The third-order valence-electron chi connectivity index (χ3n) is 5.00. The molecule has 0 aromatic heterocycles. The van der Waals surface area contributed by atoms with E-state index in [1.54, 1.807) is 36.4 Å². The lowest BCUT2D eigenvalue weighted by molar-refractivity contribution is -0.139. The number of carboxylic acid groups (broad SMARTS) is 2. The summed E-state index contributed by atoms with van der Waals surface area (Å²) < 4.78 is 5.34. The van der Waals surface area contributed by atoms with Gasteiger partial charge in [0, 0.05) is 5.56 Å². The summed E-state index contributed by atoms with van der Waals surface area (Å²) in [4.78, 5) is 30.5. The van der Waals surface area contributed by atoms with Crippen LogP contribution in [0.1, 0.15) is 47.7 Å². The lowest BCUT2D eigenvalue weighted by Crippen LogP contribution is -2.30.